The zero-order valence-corrected chi connectivity index (χ0v) is 7.98. The minimum absolute atomic E-state index is 0.231. The maximum atomic E-state index is 13.0. The Morgan fingerprint density at radius 2 is 2.14 bits per heavy atom. The zero-order valence-electron chi connectivity index (χ0n) is 7.22. The highest BCUT2D eigenvalue weighted by Gasteiger charge is 2.08. The number of hydrogen-bond donors (Lipinski definition) is 2. The van der Waals surface area contributed by atoms with Crippen molar-refractivity contribution in [1.29, 1.82) is 0 Å². The number of aromatic nitrogens is 1. The lowest BCUT2D eigenvalue weighted by atomic mass is 10.1. The summed E-state index contributed by atoms with van der Waals surface area (Å²) in [5.74, 6) is -0.395. The van der Waals surface area contributed by atoms with Gasteiger partial charge >= 0.3 is 0 Å². The molecular weight excluding hydrogens is 203 g/mol. The molecule has 0 atom stereocenters. The van der Waals surface area contributed by atoms with Crippen molar-refractivity contribution in [2.75, 3.05) is 5.73 Å². The van der Waals surface area contributed by atoms with Crippen molar-refractivity contribution in [1.82, 2.24) is 4.98 Å². The Bertz CT molecular complexity index is 451. The summed E-state index contributed by atoms with van der Waals surface area (Å²) in [6, 6.07) is 6.17. The van der Waals surface area contributed by atoms with E-state index in [1.807, 2.05) is 12.1 Å². The molecule has 0 unspecified atom stereocenters. The van der Waals surface area contributed by atoms with E-state index in [9.17, 15) is 4.39 Å². The molecule has 1 heterocycles. The number of nitrogens with two attached hydrogens (primary N) is 1. The number of anilines is 1. The van der Waals surface area contributed by atoms with Gasteiger partial charge in [-0.05, 0) is 24.3 Å². The van der Waals surface area contributed by atoms with Crippen LogP contribution in [0.4, 0.5) is 10.1 Å². The van der Waals surface area contributed by atoms with Crippen LogP contribution in [0.25, 0.3) is 11.3 Å². The van der Waals surface area contributed by atoms with E-state index in [0.717, 1.165) is 5.69 Å². The van der Waals surface area contributed by atoms with Crippen molar-refractivity contribution in [3.63, 3.8) is 0 Å². The largest absolute Gasteiger partial charge is 0.397 e. The molecule has 0 spiro atoms. The van der Waals surface area contributed by atoms with Crippen molar-refractivity contribution in [2.24, 2.45) is 0 Å². The minimum atomic E-state index is -0.395. The van der Waals surface area contributed by atoms with E-state index in [1.165, 1.54) is 12.1 Å². The molecule has 0 saturated heterocycles. The van der Waals surface area contributed by atoms with Gasteiger partial charge in [0.25, 0.3) is 0 Å². The lowest BCUT2D eigenvalue weighted by Gasteiger charge is -2.05. The number of halogens is 2. The van der Waals surface area contributed by atoms with Gasteiger partial charge in [-0.15, -0.1) is 0 Å². The molecule has 2 rings (SSSR count). The average molecular weight is 211 g/mol. The predicted octanol–water partition coefficient (Wildman–Crippen LogP) is 3.06. The number of rotatable bonds is 1. The lowest BCUT2D eigenvalue weighted by molar-refractivity contribution is 0.628. The number of H-pyrrole nitrogens is 1. The fourth-order valence-corrected chi connectivity index (χ4v) is 1.51. The second-order valence-corrected chi connectivity index (χ2v) is 3.34. The normalized spacial score (nSPS) is 10.4. The molecule has 72 valence electrons. The Balaban J connectivity index is 2.64. The Morgan fingerprint density at radius 3 is 2.79 bits per heavy atom. The summed E-state index contributed by atoms with van der Waals surface area (Å²) < 4.78 is 13.0. The molecule has 4 heteroatoms. The number of aromatic amines is 1. The predicted molar refractivity (Wildman–Crippen MR) is 55.6 cm³/mol. The van der Waals surface area contributed by atoms with Crippen molar-refractivity contribution < 1.29 is 4.39 Å². The van der Waals surface area contributed by atoms with Gasteiger partial charge in [-0.1, -0.05) is 11.6 Å². The first-order valence-electron chi connectivity index (χ1n) is 4.07. The van der Waals surface area contributed by atoms with Crippen LogP contribution in [0.3, 0.4) is 0 Å². The summed E-state index contributed by atoms with van der Waals surface area (Å²) >= 11 is 5.76. The summed E-state index contributed by atoms with van der Waals surface area (Å²) in [5.41, 5.74) is 7.45. The summed E-state index contributed by atoms with van der Waals surface area (Å²) in [4.78, 5) is 2.94. The molecular formula is C10H8ClFN2. The van der Waals surface area contributed by atoms with Crippen molar-refractivity contribution >= 4 is 17.3 Å². The smallest absolute Gasteiger partial charge is 0.125 e. The molecule has 2 nitrogen and oxygen atoms in total. The van der Waals surface area contributed by atoms with E-state index in [-0.39, 0.29) is 5.02 Å². The van der Waals surface area contributed by atoms with Gasteiger partial charge in [0.15, 0.2) is 0 Å². The van der Waals surface area contributed by atoms with Crippen LogP contribution in [0.15, 0.2) is 30.5 Å². The zero-order chi connectivity index (χ0) is 10.1. The lowest BCUT2D eigenvalue weighted by Crippen LogP contribution is -1.93. The summed E-state index contributed by atoms with van der Waals surface area (Å²) in [7, 11) is 0. The van der Waals surface area contributed by atoms with Crippen molar-refractivity contribution in [2.45, 2.75) is 0 Å². The summed E-state index contributed by atoms with van der Waals surface area (Å²) in [6.45, 7) is 0. The first-order chi connectivity index (χ1) is 6.68. The van der Waals surface area contributed by atoms with Crippen LogP contribution in [0.5, 0.6) is 0 Å². The third-order valence-corrected chi connectivity index (χ3v) is 2.30. The van der Waals surface area contributed by atoms with E-state index < -0.39 is 5.82 Å². The molecule has 2 aromatic rings. The molecule has 1 aromatic heterocycles. The molecule has 0 radical (unpaired) electrons. The van der Waals surface area contributed by atoms with Gasteiger partial charge in [-0.2, -0.15) is 0 Å². The first-order valence-corrected chi connectivity index (χ1v) is 4.44. The average Bonchev–Trinajstić information content (AvgIpc) is 2.63. The highest BCUT2D eigenvalue weighted by Crippen LogP contribution is 2.31. The molecule has 0 aliphatic rings. The van der Waals surface area contributed by atoms with Gasteiger partial charge < -0.3 is 10.7 Å². The van der Waals surface area contributed by atoms with Crippen LogP contribution in [-0.4, -0.2) is 4.98 Å². The van der Waals surface area contributed by atoms with Gasteiger partial charge in [0.1, 0.15) is 5.82 Å². The molecule has 14 heavy (non-hydrogen) atoms. The van der Waals surface area contributed by atoms with Crippen LogP contribution in [0.2, 0.25) is 5.02 Å². The Hall–Kier alpha value is -1.48. The highest BCUT2D eigenvalue weighted by atomic mass is 35.5. The molecule has 1 aromatic carbocycles. The maximum absolute atomic E-state index is 13.0. The van der Waals surface area contributed by atoms with E-state index in [2.05, 4.69) is 4.98 Å². The van der Waals surface area contributed by atoms with E-state index in [1.54, 1.807) is 6.20 Å². The number of nitrogens with one attached hydrogen (secondary N) is 1. The topological polar surface area (TPSA) is 41.8 Å². The molecule has 0 amide bonds. The Kier molecular flexibility index (Phi) is 2.17. The quantitative estimate of drug-likeness (QED) is 0.698. The van der Waals surface area contributed by atoms with Crippen LogP contribution >= 0.6 is 11.6 Å². The molecule has 0 aliphatic carbocycles. The van der Waals surface area contributed by atoms with Crippen molar-refractivity contribution in [3.05, 3.63) is 41.3 Å². The third-order valence-electron chi connectivity index (χ3n) is 1.98. The first kappa shape index (κ1) is 9.09. The standard InChI is InChI=1S/C10H8ClFN2/c11-8-5-6(12)4-7(10(8)13)9-2-1-3-14-9/h1-5,14H,13H2. The second kappa shape index (κ2) is 3.35. The Morgan fingerprint density at radius 1 is 1.36 bits per heavy atom. The van der Waals surface area contributed by atoms with Gasteiger partial charge in [0, 0.05) is 17.5 Å². The number of benzene rings is 1. The Labute approximate surface area is 85.5 Å². The fraction of sp³-hybridized carbons (Fsp3) is 0. The molecule has 0 aliphatic heterocycles. The molecule has 0 bridgehead atoms. The maximum Gasteiger partial charge on any atom is 0.125 e. The monoisotopic (exact) mass is 210 g/mol. The SMILES string of the molecule is Nc1c(Cl)cc(F)cc1-c1ccc[nH]1. The molecule has 3 N–H and O–H groups in total. The van der Waals surface area contributed by atoms with Gasteiger partial charge in [-0.25, -0.2) is 4.39 Å². The van der Waals surface area contributed by atoms with E-state index in [0.29, 0.717) is 11.3 Å². The summed E-state index contributed by atoms with van der Waals surface area (Å²) in [6.07, 6.45) is 1.74. The number of nitrogen functional groups attached to an aromatic ring is 1. The van der Waals surface area contributed by atoms with Crippen molar-refractivity contribution in [3.8, 4) is 11.3 Å². The minimum Gasteiger partial charge on any atom is -0.397 e. The third kappa shape index (κ3) is 1.46. The van der Waals surface area contributed by atoms with Gasteiger partial charge in [-0.3, -0.25) is 0 Å². The van der Waals surface area contributed by atoms with Gasteiger partial charge in [0.05, 0.1) is 10.7 Å². The highest BCUT2D eigenvalue weighted by molar-refractivity contribution is 6.33. The molecule has 0 saturated carbocycles. The van der Waals surface area contributed by atoms with E-state index >= 15 is 0 Å². The van der Waals surface area contributed by atoms with E-state index in [4.69, 9.17) is 17.3 Å². The second-order valence-electron chi connectivity index (χ2n) is 2.93. The molecule has 0 fully saturated rings. The van der Waals surface area contributed by atoms with Crippen LogP contribution in [0, 0.1) is 5.82 Å². The summed E-state index contributed by atoms with van der Waals surface area (Å²) in [5, 5.41) is 0.231. The fourth-order valence-electron chi connectivity index (χ4n) is 1.31. The van der Waals surface area contributed by atoms with Crippen LogP contribution in [-0.2, 0) is 0 Å². The number of hydrogen-bond acceptors (Lipinski definition) is 1. The van der Waals surface area contributed by atoms with Crippen LogP contribution in [0.1, 0.15) is 0 Å². The van der Waals surface area contributed by atoms with Gasteiger partial charge in [0.2, 0.25) is 0 Å². The van der Waals surface area contributed by atoms with Crippen LogP contribution < -0.4 is 5.73 Å².